The monoisotopic (exact) mass is 450 g/mol. The molecule has 1 fully saturated rings. The van der Waals surface area contributed by atoms with E-state index < -0.39 is 5.54 Å². The summed E-state index contributed by atoms with van der Waals surface area (Å²) in [6, 6.07) is 6.97. The lowest BCUT2D eigenvalue weighted by molar-refractivity contribution is -0.137. The molecule has 1 aliphatic rings. The second kappa shape index (κ2) is 12.7. The fraction of sp³-hybridized carbons (Fsp3) is 0.667. The van der Waals surface area contributed by atoms with Gasteiger partial charge in [0.15, 0.2) is 0 Å². The standard InChI is InChI=1S/C21H35FN4O.2ClH/c1-21(2,23)20(27)26(13-12-24(3)4)15-17-8-7-11-25(14-17)16-18-9-5-6-10-19(18)22;;/h5-6,9-10,17H,7-8,11-16,23H2,1-4H3;2*1H. The SMILES string of the molecule is CN(C)CCN(CC1CCCN(Cc2ccccc2F)C1)C(=O)C(C)(C)N.Cl.Cl. The Kier molecular flexibility index (Phi) is 12.3. The first kappa shape index (κ1) is 28.1. The normalized spacial score (nSPS) is 17.4. The molecular weight excluding hydrogens is 414 g/mol. The Hall–Kier alpha value is -0.920. The van der Waals surface area contributed by atoms with Crippen LogP contribution >= 0.6 is 24.8 Å². The van der Waals surface area contributed by atoms with E-state index in [2.05, 4.69) is 9.80 Å². The van der Waals surface area contributed by atoms with Gasteiger partial charge in [-0.2, -0.15) is 0 Å². The number of nitrogens with two attached hydrogens (primary N) is 1. The van der Waals surface area contributed by atoms with Crippen molar-refractivity contribution < 1.29 is 9.18 Å². The third-order valence-electron chi connectivity index (χ3n) is 5.09. The van der Waals surface area contributed by atoms with Crippen LogP contribution in [0.1, 0.15) is 32.3 Å². The first-order valence-electron chi connectivity index (χ1n) is 9.85. The zero-order chi connectivity index (χ0) is 20.0. The summed E-state index contributed by atoms with van der Waals surface area (Å²) in [4.78, 5) is 19.1. The number of likely N-dealkylation sites (N-methyl/N-ethyl adjacent to an activating group) is 1. The fourth-order valence-corrected chi connectivity index (χ4v) is 3.63. The van der Waals surface area contributed by atoms with Crippen LogP contribution in [0, 0.1) is 11.7 Å². The lowest BCUT2D eigenvalue weighted by Crippen LogP contribution is -2.54. The second-order valence-corrected chi connectivity index (χ2v) is 8.61. The van der Waals surface area contributed by atoms with Gasteiger partial charge in [-0.3, -0.25) is 9.69 Å². The lowest BCUT2D eigenvalue weighted by atomic mass is 9.95. The summed E-state index contributed by atoms with van der Waals surface area (Å²) in [7, 11) is 4.01. The Morgan fingerprint density at radius 3 is 2.48 bits per heavy atom. The average molecular weight is 451 g/mol. The number of carbonyl (C=O) groups excluding carboxylic acids is 1. The van der Waals surface area contributed by atoms with E-state index in [0.717, 1.165) is 38.0 Å². The van der Waals surface area contributed by atoms with Gasteiger partial charge in [-0.1, -0.05) is 18.2 Å². The molecule has 0 saturated carbocycles. The zero-order valence-corrected chi connectivity index (χ0v) is 19.7. The molecule has 1 unspecified atom stereocenters. The summed E-state index contributed by atoms with van der Waals surface area (Å²) in [5, 5.41) is 0. The highest BCUT2D eigenvalue weighted by Crippen LogP contribution is 2.21. The molecule has 1 atom stereocenters. The van der Waals surface area contributed by atoms with E-state index in [4.69, 9.17) is 5.73 Å². The van der Waals surface area contributed by atoms with E-state index in [-0.39, 0.29) is 36.5 Å². The summed E-state index contributed by atoms with van der Waals surface area (Å²) in [6.45, 7) is 8.21. The van der Waals surface area contributed by atoms with Gasteiger partial charge in [0.1, 0.15) is 5.82 Å². The Labute approximate surface area is 187 Å². The molecule has 29 heavy (non-hydrogen) atoms. The minimum atomic E-state index is -0.867. The third kappa shape index (κ3) is 9.18. The summed E-state index contributed by atoms with van der Waals surface area (Å²) in [6.07, 6.45) is 2.16. The van der Waals surface area contributed by atoms with Gasteiger partial charge in [0.2, 0.25) is 5.91 Å². The van der Waals surface area contributed by atoms with Crippen molar-refractivity contribution >= 4 is 30.7 Å². The van der Waals surface area contributed by atoms with Gasteiger partial charge >= 0.3 is 0 Å². The average Bonchev–Trinajstić information content (AvgIpc) is 2.59. The lowest BCUT2D eigenvalue weighted by Gasteiger charge is -2.37. The topological polar surface area (TPSA) is 52.8 Å². The van der Waals surface area contributed by atoms with Gasteiger partial charge in [-0.25, -0.2) is 4.39 Å². The van der Waals surface area contributed by atoms with Crippen molar-refractivity contribution in [3.8, 4) is 0 Å². The Balaban J connectivity index is 0.00000392. The molecule has 0 aliphatic carbocycles. The van der Waals surface area contributed by atoms with Crippen LogP contribution in [0.25, 0.3) is 0 Å². The van der Waals surface area contributed by atoms with Crippen molar-refractivity contribution in [2.45, 2.75) is 38.8 Å². The van der Waals surface area contributed by atoms with Crippen molar-refractivity contribution in [1.82, 2.24) is 14.7 Å². The molecule has 168 valence electrons. The molecule has 0 spiro atoms. The largest absolute Gasteiger partial charge is 0.340 e. The molecule has 8 heteroatoms. The van der Waals surface area contributed by atoms with Crippen LogP contribution in [0.4, 0.5) is 4.39 Å². The van der Waals surface area contributed by atoms with Gasteiger partial charge in [0.05, 0.1) is 5.54 Å². The van der Waals surface area contributed by atoms with E-state index in [1.165, 1.54) is 6.07 Å². The van der Waals surface area contributed by atoms with Crippen molar-refractivity contribution in [3.05, 3.63) is 35.6 Å². The maximum absolute atomic E-state index is 14.0. The number of halogens is 3. The third-order valence-corrected chi connectivity index (χ3v) is 5.09. The number of hydrogen-bond acceptors (Lipinski definition) is 4. The molecular formula is C21H37Cl2FN4O. The van der Waals surface area contributed by atoms with Crippen LogP contribution in [0.5, 0.6) is 0 Å². The van der Waals surface area contributed by atoms with Crippen LogP contribution in [0.15, 0.2) is 24.3 Å². The van der Waals surface area contributed by atoms with Crippen molar-refractivity contribution in [2.24, 2.45) is 11.7 Å². The smallest absolute Gasteiger partial charge is 0.242 e. The van der Waals surface area contributed by atoms with E-state index in [1.807, 2.05) is 31.1 Å². The van der Waals surface area contributed by atoms with Gasteiger partial charge in [-0.15, -0.1) is 24.8 Å². The minimum Gasteiger partial charge on any atom is -0.340 e. The molecule has 1 saturated heterocycles. The Bertz CT molecular complexity index is 625. The van der Waals surface area contributed by atoms with Crippen molar-refractivity contribution in [3.63, 3.8) is 0 Å². The zero-order valence-electron chi connectivity index (χ0n) is 18.1. The molecule has 1 aromatic carbocycles. The van der Waals surface area contributed by atoms with Gasteiger partial charge < -0.3 is 15.5 Å². The summed E-state index contributed by atoms with van der Waals surface area (Å²) >= 11 is 0. The minimum absolute atomic E-state index is 0. The number of nitrogens with zero attached hydrogens (tertiary/aromatic N) is 3. The molecule has 1 aliphatic heterocycles. The molecule has 1 amide bonds. The van der Waals surface area contributed by atoms with Gasteiger partial charge in [-0.05, 0) is 59.3 Å². The summed E-state index contributed by atoms with van der Waals surface area (Å²) in [5.41, 5.74) is 5.95. The van der Waals surface area contributed by atoms with E-state index in [0.29, 0.717) is 25.6 Å². The van der Waals surface area contributed by atoms with E-state index in [9.17, 15) is 9.18 Å². The first-order chi connectivity index (χ1) is 12.7. The number of piperidine rings is 1. The molecule has 2 N–H and O–H groups in total. The van der Waals surface area contributed by atoms with Crippen LogP contribution in [-0.4, -0.2) is 73.0 Å². The highest BCUT2D eigenvalue weighted by molar-refractivity contribution is 5.86. The number of rotatable bonds is 8. The summed E-state index contributed by atoms with van der Waals surface area (Å²) in [5.74, 6) is 0.238. The van der Waals surface area contributed by atoms with Crippen LogP contribution in [-0.2, 0) is 11.3 Å². The quantitative estimate of drug-likeness (QED) is 0.661. The van der Waals surface area contributed by atoms with E-state index >= 15 is 0 Å². The molecule has 5 nitrogen and oxygen atoms in total. The Morgan fingerprint density at radius 2 is 1.90 bits per heavy atom. The molecule has 1 heterocycles. The van der Waals surface area contributed by atoms with Gasteiger partial charge in [0, 0.05) is 38.3 Å². The molecule has 2 rings (SSSR count). The van der Waals surface area contributed by atoms with Crippen LogP contribution < -0.4 is 5.73 Å². The highest BCUT2D eigenvalue weighted by Gasteiger charge is 2.30. The predicted octanol–water partition coefficient (Wildman–Crippen LogP) is 3.01. The molecule has 0 aromatic heterocycles. The Morgan fingerprint density at radius 1 is 1.24 bits per heavy atom. The van der Waals surface area contributed by atoms with Gasteiger partial charge in [0.25, 0.3) is 0 Å². The molecule has 1 aromatic rings. The second-order valence-electron chi connectivity index (χ2n) is 8.61. The highest BCUT2D eigenvalue weighted by atomic mass is 35.5. The molecule has 0 radical (unpaired) electrons. The van der Waals surface area contributed by atoms with Crippen molar-refractivity contribution in [1.29, 1.82) is 0 Å². The van der Waals surface area contributed by atoms with Crippen LogP contribution in [0.3, 0.4) is 0 Å². The summed E-state index contributed by atoms with van der Waals surface area (Å²) < 4.78 is 14.0. The number of likely N-dealkylation sites (tertiary alicyclic amines) is 1. The number of hydrogen-bond donors (Lipinski definition) is 1. The van der Waals surface area contributed by atoms with E-state index in [1.54, 1.807) is 19.9 Å². The maximum Gasteiger partial charge on any atom is 0.242 e. The number of amides is 1. The maximum atomic E-state index is 14.0. The van der Waals surface area contributed by atoms with Crippen LogP contribution in [0.2, 0.25) is 0 Å². The fourth-order valence-electron chi connectivity index (χ4n) is 3.63. The number of carbonyl (C=O) groups is 1. The predicted molar refractivity (Wildman–Crippen MR) is 122 cm³/mol. The van der Waals surface area contributed by atoms with Crippen molar-refractivity contribution in [2.75, 3.05) is 46.8 Å². The first-order valence-corrected chi connectivity index (χ1v) is 9.85. The number of benzene rings is 1. The molecule has 0 bridgehead atoms.